The largest absolute Gasteiger partial charge is 0.349 e. The highest BCUT2D eigenvalue weighted by molar-refractivity contribution is 14.1. The molecule has 0 bridgehead atoms. The van der Waals surface area contributed by atoms with Crippen LogP contribution in [0.2, 0.25) is 0 Å². The third-order valence-electron chi connectivity index (χ3n) is 3.56. The molecule has 0 spiro atoms. The van der Waals surface area contributed by atoms with E-state index in [1.165, 1.54) is 31.4 Å². The molecular formula is C14H20INO. The summed E-state index contributed by atoms with van der Waals surface area (Å²) in [6.45, 7) is 8.53. The first-order valence-electron chi connectivity index (χ1n) is 5.72. The molecule has 3 heteroatoms. The Hall–Kier alpha value is -0.580. The van der Waals surface area contributed by atoms with Gasteiger partial charge in [-0.15, -0.1) is 0 Å². The zero-order valence-electron chi connectivity index (χ0n) is 11.4. The molecule has 94 valence electrons. The number of amides is 1. The maximum atomic E-state index is 11.8. The first-order chi connectivity index (χ1) is 7.77. The molecule has 0 aliphatic heterocycles. The summed E-state index contributed by atoms with van der Waals surface area (Å²) >= 11 is 2.36. The molecule has 1 aromatic carbocycles. The van der Waals surface area contributed by atoms with E-state index in [0.29, 0.717) is 6.42 Å². The normalized spacial score (nSPS) is 10.5. The van der Waals surface area contributed by atoms with Crippen LogP contribution < -0.4 is 0 Å². The van der Waals surface area contributed by atoms with Crippen LogP contribution in [0.5, 0.6) is 0 Å². The van der Waals surface area contributed by atoms with Crippen molar-refractivity contribution in [2.75, 3.05) is 14.1 Å². The van der Waals surface area contributed by atoms with Crippen LogP contribution >= 0.6 is 22.6 Å². The van der Waals surface area contributed by atoms with Gasteiger partial charge in [0.2, 0.25) is 5.91 Å². The maximum absolute atomic E-state index is 11.8. The average molecular weight is 345 g/mol. The summed E-state index contributed by atoms with van der Waals surface area (Å²) in [6, 6.07) is 0. The lowest BCUT2D eigenvalue weighted by atomic mass is 9.93. The number of hydrogen-bond acceptors (Lipinski definition) is 1. The molecule has 0 unspecified atom stereocenters. The van der Waals surface area contributed by atoms with Crippen LogP contribution in [0.15, 0.2) is 0 Å². The highest BCUT2D eigenvalue weighted by atomic mass is 127. The molecule has 0 saturated heterocycles. The standard InChI is InChI=1S/C14H20INO/c1-8-9(2)11(4)14(15)12(10(8)3)7-13(17)16(5)6/h7H2,1-6H3. The predicted octanol–water partition coefficient (Wildman–Crippen LogP) is 3.16. The van der Waals surface area contributed by atoms with Crippen molar-refractivity contribution in [1.29, 1.82) is 0 Å². The molecular weight excluding hydrogens is 325 g/mol. The quantitative estimate of drug-likeness (QED) is 0.754. The van der Waals surface area contributed by atoms with Gasteiger partial charge in [-0.05, 0) is 78.1 Å². The SMILES string of the molecule is Cc1c(C)c(C)c(CC(=O)N(C)C)c(I)c1C. The number of hydrogen-bond donors (Lipinski definition) is 0. The molecule has 1 rings (SSSR count). The van der Waals surface area contributed by atoms with E-state index in [4.69, 9.17) is 0 Å². The molecule has 0 heterocycles. The van der Waals surface area contributed by atoms with Crippen LogP contribution in [0, 0.1) is 31.3 Å². The van der Waals surface area contributed by atoms with Crippen molar-refractivity contribution < 1.29 is 4.79 Å². The summed E-state index contributed by atoms with van der Waals surface area (Å²) in [5, 5.41) is 0. The summed E-state index contributed by atoms with van der Waals surface area (Å²) < 4.78 is 1.23. The van der Waals surface area contributed by atoms with Crippen LogP contribution in [-0.2, 0) is 11.2 Å². The lowest BCUT2D eigenvalue weighted by Gasteiger charge is -2.18. The van der Waals surface area contributed by atoms with Crippen LogP contribution in [-0.4, -0.2) is 24.9 Å². The van der Waals surface area contributed by atoms with Gasteiger partial charge in [-0.3, -0.25) is 4.79 Å². The maximum Gasteiger partial charge on any atom is 0.226 e. The molecule has 17 heavy (non-hydrogen) atoms. The van der Waals surface area contributed by atoms with E-state index >= 15 is 0 Å². The van der Waals surface area contributed by atoms with Gasteiger partial charge in [-0.25, -0.2) is 0 Å². The van der Waals surface area contributed by atoms with Crippen LogP contribution in [0.25, 0.3) is 0 Å². The molecule has 1 aromatic rings. The molecule has 0 radical (unpaired) electrons. The molecule has 0 N–H and O–H groups in total. The van der Waals surface area contributed by atoms with Crippen molar-refractivity contribution in [2.45, 2.75) is 34.1 Å². The topological polar surface area (TPSA) is 20.3 Å². The van der Waals surface area contributed by atoms with E-state index in [1.54, 1.807) is 19.0 Å². The number of benzene rings is 1. The second-order valence-corrected chi connectivity index (χ2v) is 5.84. The number of carbonyl (C=O) groups is 1. The van der Waals surface area contributed by atoms with Crippen molar-refractivity contribution in [1.82, 2.24) is 4.90 Å². The van der Waals surface area contributed by atoms with Gasteiger partial charge >= 0.3 is 0 Å². The van der Waals surface area contributed by atoms with Gasteiger partial charge in [0.15, 0.2) is 0 Å². The fraction of sp³-hybridized carbons (Fsp3) is 0.500. The van der Waals surface area contributed by atoms with Gasteiger partial charge in [0.25, 0.3) is 0 Å². The third kappa shape index (κ3) is 2.81. The van der Waals surface area contributed by atoms with Gasteiger partial charge in [0.1, 0.15) is 0 Å². The highest BCUT2D eigenvalue weighted by Crippen LogP contribution is 2.28. The second kappa shape index (κ2) is 5.38. The number of likely N-dealkylation sites (N-methyl/N-ethyl adjacent to an activating group) is 1. The molecule has 0 saturated carbocycles. The fourth-order valence-electron chi connectivity index (χ4n) is 1.86. The first-order valence-corrected chi connectivity index (χ1v) is 6.80. The number of halogens is 1. The van der Waals surface area contributed by atoms with E-state index in [1.807, 2.05) is 0 Å². The Morgan fingerprint density at radius 1 is 1.00 bits per heavy atom. The molecule has 0 atom stereocenters. The molecule has 0 aliphatic carbocycles. The number of carbonyl (C=O) groups excluding carboxylic acids is 1. The zero-order valence-corrected chi connectivity index (χ0v) is 13.6. The molecule has 0 aromatic heterocycles. The minimum atomic E-state index is 0.161. The third-order valence-corrected chi connectivity index (χ3v) is 5.02. The average Bonchev–Trinajstić information content (AvgIpc) is 2.29. The monoisotopic (exact) mass is 345 g/mol. The Labute approximate surface area is 118 Å². The van der Waals surface area contributed by atoms with E-state index in [0.717, 1.165) is 0 Å². The van der Waals surface area contributed by atoms with Gasteiger partial charge < -0.3 is 4.90 Å². The Morgan fingerprint density at radius 3 is 1.94 bits per heavy atom. The molecule has 1 amide bonds. The second-order valence-electron chi connectivity index (χ2n) is 4.76. The Morgan fingerprint density at radius 2 is 1.47 bits per heavy atom. The van der Waals surface area contributed by atoms with Crippen molar-refractivity contribution in [3.63, 3.8) is 0 Å². The molecule has 2 nitrogen and oxygen atoms in total. The van der Waals surface area contributed by atoms with E-state index in [9.17, 15) is 4.79 Å². The minimum Gasteiger partial charge on any atom is -0.349 e. The van der Waals surface area contributed by atoms with Gasteiger partial charge in [0, 0.05) is 17.7 Å². The Balaban J connectivity index is 3.30. The van der Waals surface area contributed by atoms with Crippen LogP contribution in [0.1, 0.15) is 27.8 Å². The zero-order chi connectivity index (χ0) is 13.3. The molecule has 0 aliphatic rings. The van der Waals surface area contributed by atoms with Crippen molar-refractivity contribution in [2.24, 2.45) is 0 Å². The van der Waals surface area contributed by atoms with Crippen LogP contribution in [0.4, 0.5) is 0 Å². The highest BCUT2D eigenvalue weighted by Gasteiger charge is 2.16. The number of nitrogens with zero attached hydrogens (tertiary/aromatic N) is 1. The fourth-order valence-corrected chi connectivity index (χ4v) is 2.86. The summed E-state index contributed by atoms with van der Waals surface area (Å²) in [5.74, 6) is 0.161. The first kappa shape index (κ1) is 14.5. The Kier molecular flexibility index (Phi) is 4.58. The van der Waals surface area contributed by atoms with Crippen molar-refractivity contribution in [3.05, 3.63) is 31.4 Å². The van der Waals surface area contributed by atoms with Crippen molar-refractivity contribution in [3.8, 4) is 0 Å². The number of rotatable bonds is 2. The smallest absolute Gasteiger partial charge is 0.226 e. The Bertz CT molecular complexity index is 435. The summed E-state index contributed by atoms with van der Waals surface area (Å²) in [5.41, 5.74) is 6.39. The van der Waals surface area contributed by atoms with E-state index in [2.05, 4.69) is 50.3 Å². The summed E-state index contributed by atoms with van der Waals surface area (Å²) in [6.07, 6.45) is 0.499. The lowest BCUT2D eigenvalue weighted by molar-refractivity contribution is -0.127. The summed E-state index contributed by atoms with van der Waals surface area (Å²) in [7, 11) is 3.61. The predicted molar refractivity (Wildman–Crippen MR) is 80.5 cm³/mol. The van der Waals surface area contributed by atoms with E-state index < -0.39 is 0 Å². The van der Waals surface area contributed by atoms with Gasteiger partial charge in [0.05, 0.1) is 6.42 Å². The van der Waals surface area contributed by atoms with Gasteiger partial charge in [-0.1, -0.05) is 0 Å². The van der Waals surface area contributed by atoms with E-state index in [-0.39, 0.29) is 5.91 Å². The van der Waals surface area contributed by atoms with Gasteiger partial charge in [-0.2, -0.15) is 0 Å². The minimum absolute atomic E-state index is 0.161. The molecule has 0 fully saturated rings. The van der Waals surface area contributed by atoms with Crippen LogP contribution in [0.3, 0.4) is 0 Å². The lowest BCUT2D eigenvalue weighted by Crippen LogP contribution is -2.24. The van der Waals surface area contributed by atoms with Crippen molar-refractivity contribution >= 4 is 28.5 Å². The summed E-state index contributed by atoms with van der Waals surface area (Å²) in [4.78, 5) is 13.5.